The van der Waals surface area contributed by atoms with Gasteiger partial charge in [-0.2, -0.15) is 0 Å². The number of esters is 1. The summed E-state index contributed by atoms with van der Waals surface area (Å²) in [5.41, 5.74) is -2.37. The summed E-state index contributed by atoms with van der Waals surface area (Å²) < 4.78 is 39.1. The summed E-state index contributed by atoms with van der Waals surface area (Å²) in [5, 5.41) is 0. The van der Waals surface area contributed by atoms with E-state index < -0.39 is 43.5 Å². The fraction of sp³-hybridized carbons (Fsp3) is 0.850. The molecule has 0 aliphatic carbocycles. The van der Waals surface area contributed by atoms with Gasteiger partial charge >= 0.3 is 19.9 Å². The van der Waals surface area contributed by atoms with Gasteiger partial charge in [0.15, 0.2) is 0 Å². The molecule has 0 aromatic carbocycles. The molecule has 0 aliphatic rings. The van der Waals surface area contributed by atoms with Crippen molar-refractivity contribution >= 4 is 25.7 Å². The van der Waals surface area contributed by atoms with Crippen molar-refractivity contribution in [2.24, 2.45) is 0 Å². The quantitative estimate of drug-likeness (QED) is 0.261. The molecule has 10 nitrogen and oxygen atoms in total. The lowest BCUT2D eigenvalue weighted by atomic mass is 10.2. The normalized spacial score (nSPS) is 13.0. The summed E-state index contributed by atoms with van der Waals surface area (Å²) in [4.78, 5) is 36.8. The number of hydrogen-bond acceptors (Lipinski definition) is 9. The first-order valence-corrected chi connectivity index (χ1v) is 11.5. The minimum absolute atomic E-state index is 0.0953. The maximum absolute atomic E-state index is 12.9. The summed E-state index contributed by atoms with van der Waals surface area (Å²) in [5.74, 6) is -0.827. The number of Topliss-reactive ketones (excluding diaryl/α,β-unsaturated/α-hetero) is 1. The molecule has 0 spiro atoms. The van der Waals surface area contributed by atoms with Crippen molar-refractivity contribution in [3.63, 3.8) is 0 Å². The Hall–Kier alpha value is -1.48. The van der Waals surface area contributed by atoms with E-state index in [1.165, 1.54) is 6.92 Å². The Labute approximate surface area is 185 Å². The van der Waals surface area contributed by atoms with E-state index >= 15 is 0 Å². The molecule has 11 heteroatoms. The molecule has 0 radical (unpaired) electrons. The zero-order valence-corrected chi connectivity index (χ0v) is 21.3. The minimum Gasteiger partial charge on any atom is -0.460 e. The Kier molecular flexibility index (Phi) is 10.9. The van der Waals surface area contributed by atoms with Crippen molar-refractivity contribution in [3.8, 4) is 0 Å². The summed E-state index contributed by atoms with van der Waals surface area (Å²) in [6.45, 7) is 15.4. The van der Waals surface area contributed by atoms with Crippen LogP contribution in [0.4, 0.5) is 4.79 Å². The van der Waals surface area contributed by atoms with Gasteiger partial charge in [-0.15, -0.1) is 0 Å². The molecule has 0 saturated heterocycles. The van der Waals surface area contributed by atoms with Crippen molar-refractivity contribution < 1.29 is 42.0 Å². The molecule has 0 fully saturated rings. The largest absolute Gasteiger partial charge is 0.478 e. The number of ketones is 1. The van der Waals surface area contributed by atoms with Crippen LogP contribution in [-0.2, 0) is 37.2 Å². The Morgan fingerprint density at radius 2 is 1.32 bits per heavy atom. The Balaban J connectivity index is 5.02. The molecule has 0 bridgehead atoms. The van der Waals surface area contributed by atoms with E-state index in [1.54, 1.807) is 62.3 Å². The smallest absolute Gasteiger partial charge is 0.460 e. The van der Waals surface area contributed by atoms with Crippen LogP contribution < -0.4 is 0 Å². The number of phosphoric acid groups is 1. The van der Waals surface area contributed by atoms with Crippen molar-refractivity contribution in [2.45, 2.75) is 92.5 Å². The molecule has 182 valence electrons. The van der Waals surface area contributed by atoms with Crippen LogP contribution >= 0.6 is 7.82 Å². The van der Waals surface area contributed by atoms with E-state index in [1.807, 2.05) is 0 Å². The Morgan fingerprint density at radius 3 is 1.71 bits per heavy atom. The Morgan fingerprint density at radius 1 is 0.839 bits per heavy atom. The van der Waals surface area contributed by atoms with Crippen molar-refractivity contribution in [3.05, 3.63) is 0 Å². The van der Waals surface area contributed by atoms with Gasteiger partial charge < -0.3 is 14.4 Å². The third kappa shape index (κ3) is 15.9. The Bertz CT molecular complexity index is 652. The van der Waals surface area contributed by atoms with E-state index in [0.29, 0.717) is 0 Å². The van der Waals surface area contributed by atoms with Gasteiger partial charge in [-0.05, 0) is 69.2 Å². The fourth-order valence-electron chi connectivity index (χ4n) is 2.10. The molecule has 0 saturated carbocycles. The predicted molar refractivity (Wildman–Crippen MR) is 114 cm³/mol. The van der Waals surface area contributed by atoms with Crippen molar-refractivity contribution in [1.82, 2.24) is 4.90 Å². The highest BCUT2D eigenvalue weighted by Crippen LogP contribution is 2.55. The molecular formula is C20H38NO9P. The number of rotatable bonds is 10. The van der Waals surface area contributed by atoms with E-state index in [-0.39, 0.29) is 25.3 Å². The molecule has 31 heavy (non-hydrogen) atoms. The molecule has 0 aromatic heterocycles. The average molecular weight is 467 g/mol. The maximum atomic E-state index is 12.9. The average Bonchev–Trinajstić information content (AvgIpc) is 2.44. The molecular weight excluding hydrogens is 429 g/mol. The van der Waals surface area contributed by atoms with Gasteiger partial charge in [0.25, 0.3) is 0 Å². The molecule has 0 N–H and O–H groups in total. The molecule has 0 unspecified atom stereocenters. The van der Waals surface area contributed by atoms with Crippen LogP contribution in [0.2, 0.25) is 0 Å². The van der Waals surface area contributed by atoms with Crippen LogP contribution in [0.1, 0.15) is 75.7 Å². The van der Waals surface area contributed by atoms with Gasteiger partial charge in [-0.3, -0.25) is 18.6 Å². The third-order valence-electron chi connectivity index (χ3n) is 2.84. The maximum Gasteiger partial charge on any atom is 0.478 e. The van der Waals surface area contributed by atoms with E-state index in [0.717, 1.165) is 4.90 Å². The van der Waals surface area contributed by atoms with Crippen molar-refractivity contribution in [1.29, 1.82) is 0 Å². The predicted octanol–water partition coefficient (Wildman–Crippen LogP) is 4.46. The number of hydrogen-bond donors (Lipinski definition) is 0. The first kappa shape index (κ1) is 29.5. The van der Waals surface area contributed by atoms with E-state index in [2.05, 4.69) is 0 Å². The highest BCUT2D eigenvalue weighted by molar-refractivity contribution is 7.48. The molecule has 0 atom stereocenters. The summed E-state index contributed by atoms with van der Waals surface area (Å²) in [7, 11) is -4.07. The zero-order chi connectivity index (χ0) is 24.7. The number of phosphoric ester groups is 1. The second-order valence-corrected chi connectivity index (χ2v) is 11.5. The second-order valence-electron chi connectivity index (χ2n) is 9.97. The minimum atomic E-state index is -4.07. The van der Waals surface area contributed by atoms with E-state index in [4.69, 9.17) is 23.0 Å². The lowest BCUT2D eigenvalue weighted by Crippen LogP contribution is -2.38. The third-order valence-corrected chi connectivity index (χ3v) is 4.81. The standard InChI is InChI=1S/C20H38NO9P/c1-15(22)13-21(12-11-16(23)28-18(2,3)4)17(24)26-14-27-31(25,29-19(5,6)7)30-20(8,9)10/h11-14H2,1-10H3. The number of ether oxygens (including phenoxy) is 2. The molecule has 0 aromatic rings. The highest BCUT2D eigenvalue weighted by atomic mass is 31.2. The first-order chi connectivity index (χ1) is 13.7. The van der Waals surface area contributed by atoms with Gasteiger partial charge in [0, 0.05) is 6.54 Å². The van der Waals surface area contributed by atoms with Gasteiger partial charge in [-0.25, -0.2) is 13.9 Å². The van der Waals surface area contributed by atoms with Crippen LogP contribution in [0, 0.1) is 0 Å². The van der Waals surface area contributed by atoms with Crippen LogP contribution in [0.25, 0.3) is 0 Å². The summed E-state index contributed by atoms with van der Waals surface area (Å²) in [6, 6.07) is 0. The van der Waals surface area contributed by atoms with Gasteiger partial charge in [-0.1, -0.05) is 0 Å². The molecule has 0 rings (SSSR count). The van der Waals surface area contributed by atoms with Crippen molar-refractivity contribution in [2.75, 3.05) is 19.9 Å². The highest BCUT2D eigenvalue weighted by Gasteiger charge is 2.37. The second kappa shape index (κ2) is 11.4. The topological polar surface area (TPSA) is 118 Å². The number of nitrogens with zero attached hydrogens (tertiary/aromatic N) is 1. The van der Waals surface area contributed by atoms with Crippen LogP contribution in [0.15, 0.2) is 0 Å². The molecule has 1 amide bonds. The van der Waals surface area contributed by atoms with Gasteiger partial charge in [0.05, 0.1) is 24.2 Å². The monoisotopic (exact) mass is 467 g/mol. The summed E-state index contributed by atoms with van der Waals surface area (Å²) in [6.07, 6.45) is -1.05. The lowest BCUT2D eigenvalue weighted by molar-refractivity contribution is -0.155. The molecule has 0 aliphatic heterocycles. The number of carbonyl (C=O) groups is 3. The SMILES string of the molecule is CC(=O)CN(CCC(=O)OC(C)(C)C)C(=O)OCOP(=O)(OC(C)(C)C)OC(C)(C)C. The van der Waals surface area contributed by atoms with E-state index in [9.17, 15) is 18.9 Å². The van der Waals surface area contributed by atoms with Gasteiger partial charge in [0.2, 0.25) is 6.79 Å². The first-order valence-electron chi connectivity index (χ1n) is 10.0. The fourth-order valence-corrected chi connectivity index (χ4v) is 3.76. The van der Waals surface area contributed by atoms with Crippen LogP contribution in [0.3, 0.4) is 0 Å². The van der Waals surface area contributed by atoms with Crippen LogP contribution in [0.5, 0.6) is 0 Å². The van der Waals surface area contributed by atoms with Gasteiger partial charge in [0.1, 0.15) is 11.4 Å². The number of amides is 1. The number of carbonyl (C=O) groups excluding carboxylic acids is 3. The zero-order valence-electron chi connectivity index (χ0n) is 20.4. The van der Waals surface area contributed by atoms with Crippen LogP contribution in [-0.4, -0.2) is 59.4 Å². The molecule has 0 heterocycles. The lowest BCUT2D eigenvalue weighted by Gasteiger charge is -2.30. The summed E-state index contributed by atoms with van der Waals surface area (Å²) >= 11 is 0.